The van der Waals surface area contributed by atoms with Crippen molar-refractivity contribution >= 4 is 0 Å². The largest absolute Gasteiger partial charge is 0.494 e. The van der Waals surface area contributed by atoms with Crippen LogP contribution in [0, 0.1) is 6.92 Å². The molecule has 0 radical (unpaired) electrons. The van der Waals surface area contributed by atoms with Crippen molar-refractivity contribution in [1.29, 1.82) is 0 Å². The number of rotatable bonds is 9. The lowest BCUT2D eigenvalue weighted by molar-refractivity contribution is 0.114. The predicted octanol–water partition coefficient (Wildman–Crippen LogP) is 2.78. The summed E-state index contributed by atoms with van der Waals surface area (Å²) in [4.78, 5) is 0. The van der Waals surface area contributed by atoms with Gasteiger partial charge in [0, 0.05) is 12.6 Å². The van der Waals surface area contributed by atoms with E-state index in [9.17, 15) is 0 Å². The summed E-state index contributed by atoms with van der Waals surface area (Å²) in [6.07, 6.45) is 0.960. The first-order valence-electron chi connectivity index (χ1n) is 6.76. The highest BCUT2D eigenvalue weighted by Crippen LogP contribution is 2.12. The van der Waals surface area contributed by atoms with Crippen LogP contribution >= 0.6 is 0 Å². The molecule has 1 aromatic rings. The monoisotopic (exact) mass is 251 g/mol. The number of aryl methyl sites for hydroxylation is 1. The summed E-state index contributed by atoms with van der Waals surface area (Å²) in [5.74, 6) is 0.946. The van der Waals surface area contributed by atoms with Gasteiger partial charge in [-0.1, -0.05) is 19.1 Å². The zero-order chi connectivity index (χ0) is 13.2. The molecule has 0 aliphatic heterocycles. The lowest BCUT2D eigenvalue weighted by Crippen LogP contribution is -2.34. The smallest absolute Gasteiger partial charge is 0.119 e. The van der Waals surface area contributed by atoms with Crippen molar-refractivity contribution in [3.05, 3.63) is 29.8 Å². The van der Waals surface area contributed by atoms with E-state index in [0.717, 1.165) is 31.9 Å². The minimum atomic E-state index is 0.375. The van der Waals surface area contributed by atoms with Gasteiger partial charge in [-0.25, -0.2) is 0 Å². The Kier molecular flexibility index (Phi) is 7.46. The second-order valence-electron chi connectivity index (χ2n) is 4.37. The molecule has 3 nitrogen and oxygen atoms in total. The van der Waals surface area contributed by atoms with Crippen molar-refractivity contribution in [3.63, 3.8) is 0 Å². The summed E-state index contributed by atoms with van der Waals surface area (Å²) >= 11 is 0. The minimum absolute atomic E-state index is 0.375. The molecule has 0 bridgehead atoms. The first-order chi connectivity index (χ1) is 8.76. The Morgan fingerprint density at radius 1 is 1.28 bits per heavy atom. The van der Waals surface area contributed by atoms with E-state index in [1.54, 1.807) is 0 Å². The molecule has 0 saturated heterocycles. The Balaban J connectivity index is 2.29. The maximum Gasteiger partial charge on any atom is 0.119 e. The summed E-state index contributed by atoms with van der Waals surface area (Å²) in [5.41, 5.74) is 1.23. The van der Waals surface area contributed by atoms with Crippen molar-refractivity contribution in [2.75, 3.05) is 26.4 Å². The van der Waals surface area contributed by atoms with Crippen LogP contribution in [0.2, 0.25) is 0 Å². The SMILES string of the molecule is CCNC(CCOc1cccc(C)c1)COCC. The fourth-order valence-corrected chi connectivity index (χ4v) is 1.82. The molecule has 0 amide bonds. The number of ether oxygens (including phenoxy) is 2. The van der Waals surface area contributed by atoms with E-state index in [1.165, 1.54) is 5.56 Å². The maximum absolute atomic E-state index is 5.75. The molecule has 0 aliphatic rings. The zero-order valence-corrected chi connectivity index (χ0v) is 11.7. The summed E-state index contributed by atoms with van der Waals surface area (Å²) in [6.45, 7) is 9.40. The quantitative estimate of drug-likeness (QED) is 0.732. The van der Waals surface area contributed by atoms with Gasteiger partial charge in [0.2, 0.25) is 0 Å². The lowest BCUT2D eigenvalue weighted by Gasteiger charge is -2.17. The zero-order valence-electron chi connectivity index (χ0n) is 11.7. The summed E-state index contributed by atoms with van der Waals surface area (Å²) in [5, 5.41) is 3.41. The van der Waals surface area contributed by atoms with Crippen molar-refractivity contribution in [2.24, 2.45) is 0 Å². The first-order valence-corrected chi connectivity index (χ1v) is 6.76. The van der Waals surface area contributed by atoms with E-state index in [-0.39, 0.29) is 0 Å². The highest BCUT2D eigenvalue weighted by molar-refractivity contribution is 5.27. The van der Waals surface area contributed by atoms with Crippen LogP contribution in [-0.4, -0.2) is 32.4 Å². The number of nitrogens with one attached hydrogen (secondary N) is 1. The Labute approximate surface area is 110 Å². The van der Waals surface area contributed by atoms with Crippen molar-refractivity contribution < 1.29 is 9.47 Å². The van der Waals surface area contributed by atoms with E-state index >= 15 is 0 Å². The van der Waals surface area contributed by atoms with Gasteiger partial charge in [-0.05, 0) is 44.5 Å². The normalized spacial score (nSPS) is 12.4. The molecule has 102 valence electrons. The third kappa shape index (κ3) is 6.03. The number of likely N-dealkylation sites (N-methyl/N-ethyl adjacent to an activating group) is 1. The van der Waals surface area contributed by atoms with Crippen LogP contribution in [0.3, 0.4) is 0 Å². The van der Waals surface area contributed by atoms with Crippen LogP contribution in [-0.2, 0) is 4.74 Å². The Bertz CT molecular complexity index is 328. The Morgan fingerprint density at radius 2 is 2.11 bits per heavy atom. The molecule has 18 heavy (non-hydrogen) atoms. The molecule has 0 aliphatic carbocycles. The first kappa shape index (κ1) is 15.0. The van der Waals surface area contributed by atoms with Crippen molar-refractivity contribution in [2.45, 2.75) is 33.2 Å². The van der Waals surface area contributed by atoms with E-state index < -0.39 is 0 Å². The van der Waals surface area contributed by atoms with Gasteiger partial charge in [0.05, 0.1) is 13.2 Å². The van der Waals surface area contributed by atoms with E-state index in [4.69, 9.17) is 9.47 Å². The fourth-order valence-electron chi connectivity index (χ4n) is 1.82. The molecule has 0 heterocycles. The molecule has 0 aromatic heterocycles. The summed E-state index contributed by atoms with van der Waals surface area (Å²) in [6, 6.07) is 8.53. The molecule has 1 rings (SSSR count). The second kappa shape index (κ2) is 8.95. The standard InChI is InChI=1S/C15H25NO2/c1-4-16-14(12-17-5-2)9-10-18-15-8-6-7-13(3)11-15/h6-8,11,14,16H,4-5,9-10,12H2,1-3H3. The van der Waals surface area contributed by atoms with Crippen LogP contribution < -0.4 is 10.1 Å². The molecule has 0 spiro atoms. The number of hydrogen-bond donors (Lipinski definition) is 1. The fraction of sp³-hybridized carbons (Fsp3) is 0.600. The van der Waals surface area contributed by atoms with Crippen molar-refractivity contribution in [1.82, 2.24) is 5.32 Å². The van der Waals surface area contributed by atoms with Gasteiger partial charge in [-0.2, -0.15) is 0 Å². The molecule has 1 atom stereocenters. The third-order valence-corrected chi connectivity index (χ3v) is 2.74. The number of benzene rings is 1. The Hall–Kier alpha value is -1.06. The van der Waals surface area contributed by atoms with Crippen LogP contribution in [0.15, 0.2) is 24.3 Å². The molecule has 3 heteroatoms. The second-order valence-corrected chi connectivity index (χ2v) is 4.37. The average molecular weight is 251 g/mol. The topological polar surface area (TPSA) is 30.5 Å². The molecular formula is C15H25NO2. The maximum atomic E-state index is 5.75. The molecule has 1 aromatic carbocycles. The Morgan fingerprint density at radius 3 is 2.78 bits per heavy atom. The molecule has 1 N–H and O–H groups in total. The van der Waals surface area contributed by atoms with Crippen LogP contribution in [0.4, 0.5) is 0 Å². The summed E-state index contributed by atoms with van der Waals surface area (Å²) < 4.78 is 11.2. The van der Waals surface area contributed by atoms with Gasteiger partial charge in [0.15, 0.2) is 0 Å². The molecular weight excluding hydrogens is 226 g/mol. The highest BCUT2D eigenvalue weighted by Gasteiger charge is 2.07. The van der Waals surface area contributed by atoms with Crippen molar-refractivity contribution in [3.8, 4) is 5.75 Å². The van der Waals surface area contributed by atoms with Gasteiger partial charge >= 0.3 is 0 Å². The van der Waals surface area contributed by atoms with Crippen LogP contribution in [0.25, 0.3) is 0 Å². The van der Waals surface area contributed by atoms with Gasteiger partial charge in [0.25, 0.3) is 0 Å². The van der Waals surface area contributed by atoms with E-state index in [0.29, 0.717) is 12.6 Å². The molecule has 1 unspecified atom stereocenters. The van der Waals surface area contributed by atoms with E-state index in [2.05, 4.69) is 31.3 Å². The lowest BCUT2D eigenvalue weighted by atomic mass is 10.2. The van der Waals surface area contributed by atoms with Crippen LogP contribution in [0.1, 0.15) is 25.8 Å². The van der Waals surface area contributed by atoms with Gasteiger partial charge in [-0.3, -0.25) is 0 Å². The summed E-state index contributed by atoms with van der Waals surface area (Å²) in [7, 11) is 0. The highest BCUT2D eigenvalue weighted by atomic mass is 16.5. The van der Waals surface area contributed by atoms with E-state index in [1.807, 2.05) is 19.1 Å². The molecule has 0 saturated carbocycles. The van der Waals surface area contributed by atoms with Gasteiger partial charge < -0.3 is 14.8 Å². The van der Waals surface area contributed by atoms with Gasteiger partial charge in [-0.15, -0.1) is 0 Å². The molecule has 0 fully saturated rings. The average Bonchev–Trinajstić information content (AvgIpc) is 2.36. The number of hydrogen-bond acceptors (Lipinski definition) is 3. The van der Waals surface area contributed by atoms with Gasteiger partial charge in [0.1, 0.15) is 5.75 Å². The predicted molar refractivity (Wildman–Crippen MR) is 75.2 cm³/mol. The third-order valence-electron chi connectivity index (χ3n) is 2.74. The van der Waals surface area contributed by atoms with Crippen LogP contribution in [0.5, 0.6) is 5.75 Å². The minimum Gasteiger partial charge on any atom is -0.494 e.